The molecule has 3 rings (SSSR count). The largest absolute Gasteiger partial charge is 0.453 e. The van der Waals surface area contributed by atoms with Gasteiger partial charge in [0.15, 0.2) is 12.4 Å². The van der Waals surface area contributed by atoms with Crippen LogP contribution >= 0.6 is 22.6 Å². The van der Waals surface area contributed by atoms with E-state index in [-0.39, 0.29) is 24.5 Å². The minimum Gasteiger partial charge on any atom is -0.453 e. The van der Waals surface area contributed by atoms with Gasteiger partial charge in [-0.1, -0.05) is 71.1 Å². The molecule has 1 heterocycles. The highest BCUT2D eigenvalue weighted by Gasteiger charge is 2.42. The first-order chi connectivity index (χ1) is 13.2. The van der Waals surface area contributed by atoms with Crippen LogP contribution in [0.3, 0.4) is 0 Å². The summed E-state index contributed by atoms with van der Waals surface area (Å²) in [5.41, 5.74) is 1.58. The van der Waals surface area contributed by atoms with Crippen molar-refractivity contribution in [1.29, 1.82) is 0 Å². The number of esters is 1. The van der Waals surface area contributed by atoms with Gasteiger partial charge in [0.1, 0.15) is 12.2 Å². The molecule has 0 bridgehead atoms. The van der Waals surface area contributed by atoms with Crippen molar-refractivity contribution in [1.82, 2.24) is 0 Å². The number of carbonyl (C=O) groups is 1. The third kappa shape index (κ3) is 5.51. The maximum atomic E-state index is 12.6. The summed E-state index contributed by atoms with van der Waals surface area (Å²) in [7, 11) is 1.61. The second kappa shape index (κ2) is 10.2. The van der Waals surface area contributed by atoms with E-state index in [1.54, 1.807) is 19.2 Å². The molecule has 1 aliphatic rings. The van der Waals surface area contributed by atoms with Gasteiger partial charge < -0.3 is 18.9 Å². The maximum absolute atomic E-state index is 12.6. The molecule has 0 N–H and O–H groups in total. The fourth-order valence-corrected chi connectivity index (χ4v) is 3.73. The average molecular weight is 482 g/mol. The Morgan fingerprint density at radius 3 is 2.41 bits per heavy atom. The van der Waals surface area contributed by atoms with E-state index in [1.807, 2.05) is 48.5 Å². The van der Waals surface area contributed by atoms with Crippen molar-refractivity contribution in [3.63, 3.8) is 0 Å². The molecule has 6 heteroatoms. The number of hydrogen-bond acceptors (Lipinski definition) is 5. The van der Waals surface area contributed by atoms with Crippen LogP contribution in [-0.2, 0) is 25.6 Å². The lowest BCUT2D eigenvalue weighted by atomic mass is 10.0. The number of benzene rings is 2. The fraction of sp³-hybridized carbons (Fsp3) is 0.381. The molecule has 1 unspecified atom stereocenters. The SMILES string of the molecule is COC1C[C@H](OCc2ccccc2)[C@@H](OC(=O)c2ccccc2)[C@@H](CI)O1. The van der Waals surface area contributed by atoms with Gasteiger partial charge in [-0.25, -0.2) is 4.79 Å². The molecule has 27 heavy (non-hydrogen) atoms. The smallest absolute Gasteiger partial charge is 0.338 e. The highest BCUT2D eigenvalue weighted by Crippen LogP contribution is 2.28. The van der Waals surface area contributed by atoms with Crippen molar-refractivity contribution in [2.45, 2.75) is 37.6 Å². The minimum absolute atomic E-state index is 0.294. The molecular weight excluding hydrogens is 459 g/mol. The Kier molecular flexibility index (Phi) is 7.63. The number of ether oxygens (including phenoxy) is 4. The quantitative estimate of drug-likeness (QED) is 0.340. The van der Waals surface area contributed by atoms with E-state index < -0.39 is 6.10 Å². The van der Waals surface area contributed by atoms with Gasteiger partial charge in [-0.3, -0.25) is 0 Å². The Morgan fingerprint density at radius 1 is 1.11 bits per heavy atom. The Morgan fingerprint density at radius 2 is 1.78 bits per heavy atom. The van der Waals surface area contributed by atoms with Crippen LogP contribution in [0.4, 0.5) is 0 Å². The van der Waals surface area contributed by atoms with Gasteiger partial charge in [0.2, 0.25) is 0 Å². The first-order valence-corrected chi connectivity index (χ1v) is 10.4. The summed E-state index contributed by atoms with van der Waals surface area (Å²) in [6.45, 7) is 0.440. The van der Waals surface area contributed by atoms with Crippen LogP contribution < -0.4 is 0 Å². The van der Waals surface area contributed by atoms with Crippen molar-refractivity contribution in [3.8, 4) is 0 Å². The summed E-state index contributed by atoms with van der Waals surface area (Å²) in [6.07, 6.45) is -0.973. The molecule has 1 aliphatic heterocycles. The molecule has 0 amide bonds. The average Bonchev–Trinajstić information content (AvgIpc) is 2.74. The molecule has 144 valence electrons. The number of methoxy groups -OCH3 is 1. The second-order valence-corrected chi connectivity index (χ2v) is 7.18. The fourth-order valence-electron chi connectivity index (χ4n) is 3.03. The molecule has 0 aliphatic carbocycles. The van der Waals surface area contributed by atoms with E-state index in [2.05, 4.69) is 22.6 Å². The van der Waals surface area contributed by atoms with Gasteiger partial charge in [-0.2, -0.15) is 0 Å². The van der Waals surface area contributed by atoms with Crippen LogP contribution in [0.2, 0.25) is 0 Å². The summed E-state index contributed by atoms with van der Waals surface area (Å²) < 4.78 is 24.0. The molecule has 0 aromatic heterocycles. The van der Waals surface area contributed by atoms with E-state index >= 15 is 0 Å². The van der Waals surface area contributed by atoms with E-state index in [0.29, 0.717) is 23.0 Å². The monoisotopic (exact) mass is 482 g/mol. The number of carbonyl (C=O) groups excluding carboxylic acids is 1. The van der Waals surface area contributed by atoms with E-state index in [0.717, 1.165) is 5.56 Å². The Balaban J connectivity index is 1.73. The highest BCUT2D eigenvalue weighted by atomic mass is 127. The third-order valence-corrected chi connectivity index (χ3v) is 5.33. The van der Waals surface area contributed by atoms with Gasteiger partial charge in [-0.15, -0.1) is 0 Å². The van der Waals surface area contributed by atoms with Gasteiger partial charge in [0, 0.05) is 18.0 Å². The van der Waals surface area contributed by atoms with E-state index in [9.17, 15) is 4.79 Å². The normalized spacial score (nSPS) is 25.1. The van der Waals surface area contributed by atoms with Crippen LogP contribution in [-0.4, -0.2) is 42.1 Å². The Bertz CT molecular complexity index is 709. The van der Waals surface area contributed by atoms with Gasteiger partial charge >= 0.3 is 5.97 Å². The zero-order valence-corrected chi connectivity index (χ0v) is 17.3. The predicted octanol–water partition coefficient (Wildman–Crippen LogP) is 3.99. The van der Waals surface area contributed by atoms with Crippen molar-refractivity contribution < 1.29 is 23.7 Å². The van der Waals surface area contributed by atoms with Crippen LogP contribution in [0.15, 0.2) is 60.7 Å². The summed E-state index contributed by atoms with van der Waals surface area (Å²) >= 11 is 2.23. The van der Waals surface area contributed by atoms with E-state index in [4.69, 9.17) is 18.9 Å². The molecule has 0 radical (unpaired) electrons. The molecule has 2 aromatic rings. The highest BCUT2D eigenvalue weighted by molar-refractivity contribution is 14.1. The van der Waals surface area contributed by atoms with Crippen molar-refractivity contribution in [2.75, 3.05) is 11.5 Å². The number of rotatable bonds is 7. The molecule has 2 aromatic carbocycles. The number of alkyl halides is 1. The summed E-state index contributed by atoms with van der Waals surface area (Å²) in [5.74, 6) is -0.372. The van der Waals surface area contributed by atoms with Gasteiger partial charge in [-0.05, 0) is 17.7 Å². The second-order valence-electron chi connectivity index (χ2n) is 6.30. The molecular formula is C21H23IO5. The summed E-state index contributed by atoms with van der Waals surface area (Å²) in [6, 6.07) is 18.9. The minimum atomic E-state index is -0.496. The van der Waals surface area contributed by atoms with Crippen molar-refractivity contribution in [2.24, 2.45) is 0 Å². The Hall–Kier alpha value is -1.48. The van der Waals surface area contributed by atoms with Crippen LogP contribution in [0.25, 0.3) is 0 Å². The standard InChI is InChI=1S/C21H23IO5/c1-24-19-12-17(25-14-15-8-4-2-5-9-15)20(18(13-22)26-19)27-21(23)16-10-6-3-7-11-16/h2-11,17-20H,12-14H2,1H3/t17-,18+,19?,20+/m0/s1. The van der Waals surface area contributed by atoms with Crippen molar-refractivity contribution in [3.05, 3.63) is 71.8 Å². The molecule has 1 saturated heterocycles. The molecule has 4 atom stereocenters. The predicted molar refractivity (Wildman–Crippen MR) is 110 cm³/mol. The van der Waals surface area contributed by atoms with Crippen LogP contribution in [0.5, 0.6) is 0 Å². The van der Waals surface area contributed by atoms with Gasteiger partial charge in [0.25, 0.3) is 0 Å². The number of hydrogen-bond donors (Lipinski definition) is 0. The Labute approximate surface area is 173 Å². The molecule has 0 saturated carbocycles. The lowest BCUT2D eigenvalue weighted by molar-refractivity contribution is -0.245. The lowest BCUT2D eigenvalue weighted by Crippen LogP contribution is -2.52. The zero-order valence-electron chi connectivity index (χ0n) is 15.1. The van der Waals surface area contributed by atoms with E-state index in [1.165, 1.54) is 0 Å². The number of halogens is 1. The molecule has 1 fully saturated rings. The molecule has 5 nitrogen and oxygen atoms in total. The third-order valence-electron chi connectivity index (χ3n) is 4.46. The maximum Gasteiger partial charge on any atom is 0.338 e. The van der Waals surface area contributed by atoms with Crippen molar-refractivity contribution >= 4 is 28.6 Å². The molecule has 0 spiro atoms. The first-order valence-electron chi connectivity index (χ1n) is 8.87. The zero-order chi connectivity index (χ0) is 19.1. The summed E-state index contributed by atoms with van der Waals surface area (Å²) in [5, 5.41) is 0. The summed E-state index contributed by atoms with van der Waals surface area (Å²) in [4.78, 5) is 12.6. The lowest BCUT2D eigenvalue weighted by Gasteiger charge is -2.40. The van der Waals surface area contributed by atoms with Crippen LogP contribution in [0, 0.1) is 0 Å². The van der Waals surface area contributed by atoms with Gasteiger partial charge in [0.05, 0.1) is 12.2 Å². The topological polar surface area (TPSA) is 54.0 Å². The first kappa shape index (κ1) is 20.3. The van der Waals surface area contributed by atoms with Crippen LogP contribution in [0.1, 0.15) is 22.3 Å².